The highest BCUT2D eigenvalue weighted by molar-refractivity contribution is 4.68. The van der Waals surface area contributed by atoms with Crippen molar-refractivity contribution in [1.82, 2.24) is 5.32 Å². The van der Waals surface area contributed by atoms with Gasteiger partial charge in [0.1, 0.15) is 0 Å². The second-order valence-corrected chi connectivity index (χ2v) is 4.21. The highest BCUT2D eigenvalue weighted by Crippen LogP contribution is 2.22. The topological polar surface area (TPSA) is 21.3 Å². The summed E-state index contributed by atoms with van der Waals surface area (Å²) in [4.78, 5) is 0. The van der Waals surface area contributed by atoms with Crippen molar-refractivity contribution in [2.24, 2.45) is 5.92 Å². The van der Waals surface area contributed by atoms with E-state index < -0.39 is 0 Å². The minimum absolute atomic E-state index is 0.351. The summed E-state index contributed by atoms with van der Waals surface area (Å²) in [7, 11) is 1.77. The smallest absolute Gasteiger partial charge is 0.0667 e. The van der Waals surface area contributed by atoms with E-state index in [1.807, 2.05) is 0 Å². The van der Waals surface area contributed by atoms with Gasteiger partial charge in [0.25, 0.3) is 0 Å². The number of hydrogen-bond donors (Lipinski definition) is 1. The Hall–Kier alpha value is -0.0800. The molecule has 0 saturated heterocycles. The predicted octanol–water partition coefficient (Wildman–Crippen LogP) is 2.19. The van der Waals surface area contributed by atoms with Gasteiger partial charge in [-0.2, -0.15) is 0 Å². The Morgan fingerprint density at radius 3 is 2.62 bits per heavy atom. The average Bonchev–Trinajstić information content (AvgIpc) is 2.19. The Morgan fingerprint density at radius 2 is 2.00 bits per heavy atom. The van der Waals surface area contributed by atoms with E-state index in [4.69, 9.17) is 4.74 Å². The summed E-state index contributed by atoms with van der Waals surface area (Å²) in [5, 5.41) is 3.48. The van der Waals surface area contributed by atoms with Crippen molar-refractivity contribution in [3.8, 4) is 0 Å². The molecule has 1 aliphatic carbocycles. The Balaban J connectivity index is 1.98. The molecule has 13 heavy (non-hydrogen) atoms. The van der Waals surface area contributed by atoms with Crippen molar-refractivity contribution in [1.29, 1.82) is 0 Å². The lowest BCUT2D eigenvalue weighted by atomic mass is 9.89. The van der Waals surface area contributed by atoms with E-state index in [0.717, 1.165) is 12.5 Å². The predicted molar refractivity (Wildman–Crippen MR) is 55.9 cm³/mol. The molecule has 1 N–H and O–H groups in total. The van der Waals surface area contributed by atoms with Crippen molar-refractivity contribution in [2.75, 3.05) is 20.2 Å². The van der Waals surface area contributed by atoms with Crippen LogP contribution in [0.4, 0.5) is 0 Å². The number of hydrogen-bond acceptors (Lipinski definition) is 2. The van der Waals surface area contributed by atoms with Crippen molar-refractivity contribution in [3.05, 3.63) is 0 Å². The summed E-state index contributed by atoms with van der Waals surface area (Å²) in [5.41, 5.74) is 0. The standard InChI is InChI=1S/C11H23NO/c1-10(13-2)8-12-9-11-6-4-3-5-7-11/h10-12H,3-9H2,1-2H3. The molecule has 0 amide bonds. The van der Waals surface area contributed by atoms with Gasteiger partial charge in [0, 0.05) is 13.7 Å². The first-order valence-corrected chi connectivity index (χ1v) is 5.56. The molecule has 0 aromatic carbocycles. The van der Waals surface area contributed by atoms with Gasteiger partial charge < -0.3 is 10.1 Å². The Morgan fingerprint density at radius 1 is 1.31 bits per heavy atom. The van der Waals surface area contributed by atoms with Gasteiger partial charge in [-0.15, -0.1) is 0 Å². The first-order chi connectivity index (χ1) is 6.33. The summed E-state index contributed by atoms with van der Waals surface area (Å²) in [6.07, 6.45) is 7.52. The van der Waals surface area contributed by atoms with E-state index in [2.05, 4.69) is 12.2 Å². The molecule has 2 heteroatoms. The van der Waals surface area contributed by atoms with Crippen LogP contribution in [0.5, 0.6) is 0 Å². The van der Waals surface area contributed by atoms with E-state index in [1.165, 1.54) is 38.6 Å². The molecule has 1 rings (SSSR count). The third kappa shape index (κ3) is 4.63. The second-order valence-electron chi connectivity index (χ2n) is 4.21. The van der Waals surface area contributed by atoms with Crippen LogP contribution in [-0.2, 0) is 4.74 Å². The molecule has 0 heterocycles. The molecule has 0 spiro atoms. The van der Waals surface area contributed by atoms with Crippen molar-refractivity contribution < 1.29 is 4.74 Å². The molecular weight excluding hydrogens is 162 g/mol. The Bertz CT molecular complexity index is 121. The summed E-state index contributed by atoms with van der Waals surface area (Å²) >= 11 is 0. The van der Waals surface area contributed by atoms with Gasteiger partial charge in [-0.3, -0.25) is 0 Å². The van der Waals surface area contributed by atoms with Crippen LogP contribution in [0.15, 0.2) is 0 Å². The van der Waals surface area contributed by atoms with Gasteiger partial charge >= 0.3 is 0 Å². The van der Waals surface area contributed by atoms with E-state index >= 15 is 0 Å². The lowest BCUT2D eigenvalue weighted by molar-refractivity contribution is 0.115. The quantitative estimate of drug-likeness (QED) is 0.709. The molecule has 1 fully saturated rings. The van der Waals surface area contributed by atoms with Gasteiger partial charge in [0.15, 0.2) is 0 Å². The van der Waals surface area contributed by atoms with Crippen LogP contribution in [-0.4, -0.2) is 26.3 Å². The number of rotatable bonds is 5. The third-order valence-corrected chi connectivity index (χ3v) is 2.99. The van der Waals surface area contributed by atoms with E-state index in [-0.39, 0.29) is 0 Å². The van der Waals surface area contributed by atoms with E-state index in [0.29, 0.717) is 6.10 Å². The minimum Gasteiger partial charge on any atom is -0.380 e. The Labute approximate surface area is 82.0 Å². The monoisotopic (exact) mass is 185 g/mol. The zero-order valence-corrected chi connectivity index (χ0v) is 9.01. The molecule has 1 atom stereocenters. The molecule has 1 saturated carbocycles. The summed E-state index contributed by atoms with van der Waals surface area (Å²) in [6.45, 7) is 4.29. The average molecular weight is 185 g/mol. The maximum atomic E-state index is 5.18. The molecular formula is C11H23NO. The first kappa shape index (κ1) is 11.0. The minimum atomic E-state index is 0.351. The van der Waals surface area contributed by atoms with E-state index in [1.54, 1.807) is 7.11 Å². The molecule has 1 aliphatic rings. The molecule has 0 aliphatic heterocycles. The second kappa shape index (κ2) is 6.39. The zero-order chi connectivity index (χ0) is 9.52. The van der Waals surface area contributed by atoms with Crippen LogP contribution in [0.3, 0.4) is 0 Å². The van der Waals surface area contributed by atoms with Crippen LogP contribution < -0.4 is 5.32 Å². The van der Waals surface area contributed by atoms with Crippen LogP contribution in [0.25, 0.3) is 0 Å². The van der Waals surface area contributed by atoms with Gasteiger partial charge in [0.05, 0.1) is 6.10 Å². The molecule has 0 aromatic heterocycles. The summed E-state index contributed by atoms with van der Waals surface area (Å²) in [6, 6.07) is 0. The largest absolute Gasteiger partial charge is 0.380 e. The lowest BCUT2D eigenvalue weighted by Gasteiger charge is -2.22. The van der Waals surface area contributed by atoms with Crippen LogP contribution in [0.1, 0.15) is 39.0 Å². The van der Waals surface area contributed by atoms with Gasteiger partial charge in [0.2, 0.25) is 0 Å². The fourth-order valence-electron chi connectivity index (χ4n) is 1.97. The van der Waals surface area contributed by atoms with Gasteiger partial charge in [-0.25, -0.2) is 0 Å². The maximum absolute atomic E-state index is 5.18. The van der Waals surface area contributed by atoms with Crippen molar-refractivity contribution in [3.63, 3.8) is 0 Å². The van der Waals surface area contributed by atoms with Crippen LogP contribution >= 0.6 is 0 Å². The first-order valence-electron chi connectivity index (χ1n) is 5.56. The van der Waals surface area contributed by atoms with Crippen molar-refractivity contribution in [2.45, 2.75) is 45.1 Å². The number of nitrogens with one attached hydrogen (secondary N) is 1. The normalized spacial score (nSPS) is 21.7. The highest BCUT2D eigenvalue weighted by Gasteiger charge is 2.12. The summed E-state index contributed by atoms with van der Waals surface area (Å²) < 4.78 is 5.18. The van der Waals surface area contributed by atoms with Crippen LogP contribution in [0.2, 0.25) is 0 Å². The molecule has 0 bridgehead atoms. The maximum Gasteiger partial charge on any atom is 0.0667 e. The Kier molecular flexibility index (Phi) is 5.40. The van der Waals surface area contributed by atoms with Gasteiger partial charge in [-0.1, -0.05) is 19.3 Å². The van der Waals surface area contributed by atoms with Crippen LogP contribution in [0, 0.1) is 5.92 Å². The third-order valence-electron chi connectivity index (χ3n) is 2.99. The molecule has 1 unspecified atom stereocenters. The molecule has 78 valence electrons. The fraction of sp³-hybridized carbons (Fsp3) is 1.00. The highest BCUT2D eigenvalue weighted by atomic mass is 16.5. The lowest BCUT2D eigenvalue weighted by Crippen LogP contribution is -2.31. The molecule has 0 aromatic rings. The number of methoxy groups -OCH3 is 1. The van der Waals surface area contributed by atoms with Gasteiger partial charge in [-0.05, 0) is 32.2 Å². The van der Waals surface area contributed by atoms with Crippen molar-refractivity contribution >= 4 is 0 Å². The molecule has 2 nitrogen and oxygen atoms in total. The fourth-order valence-corrected chi connectivity index (χ4v) is 1.97. The molecule has 0 radical (unpaired) electrons. The zero-order valence-electron chi connectivity index (χ0n) is 9.01. The number of ether oxygens (including phenoxy) is 1. The van der Waals surface area contributed by atoms with E-state index in [9.17, 15) is 0 Å². The summed E-state index contributed by atoms with van der Waals surface area (Å²) in [5.74, 6) is 0.929. The SMILES string of the molecule is COC(C)CNCC1CCCCC1.